The quantitative estimate of drug-likeness (QED) is 0.730. The van der Waals surface area contributed by atoms with Gasteiger partial charge in [0.2, 0.25) is 0 Å². The first-order valence-corrected chi connectivity index (χ1v) is 7.99. The molecule has 0 spiro atoms. The summed E-state index contributed by atoms with van der Waals surface area (Å²) in [5.41, 5.74) is 9.36. The van der Waals surface area contributed by atoms with E-state index in [4.69, 9.17) is 5.73 Å². The first-order chi connectivity index (χ1) is 10.7. The third-order valence-electron chi connectivity index (χ3n) is 4.09. The van der Waals surface area contributed by atoms with Crippen LogP contribution in [0.3, 0.4) is 0 Å². The van der Waals surface area contributed by atoms with Crippen molar-refractivity contribution in [2.24, 2.45) is 5.73 Å². The summed E-state index contributed by atoms with van der Waals surface area (Å²) in [5, 5.41) is 1.25. The molecule has 0 aliphatic carbocycles. The van der Waals surface area contributed by atoms with Gasteiger partial charge in [0.15, 0.2) is 0 Å². The smallest absolute Gasteiger partial charge is 0.111 e. The van der Waals surface area contributed by atoms with Crippen LogP contribution in [0.15, 0.2) is 36.7 Å². The van der Waals surface area contributed by atoms with Crippen molar-refractivity contribution in [1.82, 2.24) is 14.5 Å². The molecule has 4 heteroatoms. The molecule has 22 heavy (non-hydrogen) atoms. The largest absolute Gasteiger partial charge is 0.358 e. The summed E-state index contributed by atoms with van der Waals surface area (Å²) >= 11 is 0. The number of nitrogens with zero attached hydrogens (tertiary/aromatic N) is 2. The molecule has 4 nitrogen and oxygen atoms in total. The van der Waals surface area contributed by atoms with Crippen LogP contribution < -0.4 is 5.73 Å². The lowest BCUT2D eigenvalue weighted by molar-refractivity contribution is 0.587. The lowest BCUT2D eigenvalue weighted by Crippen LogP contribution is -2.05. The van der Waals surface area contributed by atoms with Gasteiger partial charge in [-0.1, -0.05) is 19.9 Å². The number of hydrogen-bond acceptors (Lipinski definition) is 2. The van der Waals surface area contributed by atoms with E-state index >= 15 is 0 Å². The van der Waals surface area contributed by atoms with Crippen molar-refractivity contribution in [1.29, 1.82) is 0 Å². The van der Waals surface area contributed by atoms with Crippen LogP contribution in [0.1, 0.15) is 43.3 Å². The fourth-order valence-electron chi connectivity index (χ4n) is 2.95. The Hall–Kier alpha value is -2.07. The molecule has 0 bridgehead atoms. The maximum atomic E-state index is 5.70. The third kappa shape index (κ3) is 3.07. The van der Waals surface area contributed by atoms with Crippen molar-refractivity contribution in [3.63, 3.8) is 0 Å². The van der Waals surface area contributed by atoms with E-state index < -0.39 is 0 Å². The van der Waals surface area contributed by atoms with E-state index in [-0.39, 0.29) is 0 Å². The molecular formula is C18H24N4. The third-order valence-corrected chi connectivity index (χ3v) is 4.09. The van der Waals surface area contributed by atoms with Gasteiger partial charge in [-0.15, -0.1) is 0 Å². The minimum atomic E-state index is 0.470. The first-order valence-electron chi connectivity index (χ1n) is 7.99. The van der Waals surface area contributed by atoms with Gasteiger partial charge in [-0.3, -0.25) is 0 Å². The fourth-order valence-corrected chi connectivity index (χ4v) is 2.95. The lowest BCUT2D eigenvalue weighted by atomic mass is 10.1. The van der Waals surface area contributed by atoms with Crippen molar-refractivity contribution < 1.29 is 0 Å². The van der Waals surface area contributed by atoms with Gasteiger partial charge in [-0.05, 0) is 42.0 Å². The second-order valence-corrected chi connectivity index (χ2v) is 6.16. The van der Waals surface area contributed by atoms with Gasteiger partial charge >= 0.3 is 0 Å². The van der Waals surface area contributed by atoms with Gasteiger partial charge in [0.1, 0.15) is 5.82 Å². The molecule has 1 aromatic carbocycles. The summed E-state index contributed by atoms with van der Waals surface area (Å²) in [7, 11) is 0. The molecule has 0 radical (unpaired) electrons. The van der Waals surface area contributed by atoms with Crippen LogP contribution >= 0.6 is 0 Å². The Labute approximate surface area is 131 Å². The SMILES string of the molecule is CC(C)c1nccn1CCCc1cc2cc(CN)ccc2[nH]1. The Morgan fingerprint density at radius 3 is 2.91 bits per heavy atom. The van der Waals surface area contributed by atoms with Crippen molar-refractivity contribution in [2.45, 2.75) is 45.7 Å². The minimum absolute atomic E-state index is 0.470. The number of benzene rings is 1. The molecule has 0 unspecified atom stereocenters. The number of hydrogen-bond donors (Lipinski definition) is 2. The molecule has 0 aliphatic heterocycles. The van der Waals surface area contributed by atoms with Gasteiger partial charge in [0.05, 0.1) is 0 Å². The maximum Gasteiger partial charge on any atom is 0.111 e. The highest BCUT2D eigenvalue weighted by atomic mass is 15.1. The second kappa shape index (κ2) is 6.36. The molecule has 0 amide bonds. The van der Waals surface area contributed by atoms with E-state index in [1.807, 2.05) is 6.20 Å². The molecule has 0 atom stereocenters. The van der Waals surface area contributed by atoms with E-state index in [2.05, 4.69) is 58.8 Å². The zero-order valence-electron chi connectivity index (χ0n) is 13.3. The minimum Gasteiger partial charge on any atom is -0.358 e. The Bertz CT molecular complexity index is 751. The van der Waals surface area contributed by atoms with Gasteiger partial charge in [0.25, 0.3) is 0 Å². The molecule has 0 aliphatic rings. The van der Waals surface area contributed by atoms with Crippen LogP contribution in [0.4, 0.5) is 0 Å². The van der Waals surface area contributed by atoms with Crippen LogP contribution in [0.25, 0.3) is 10.9 Å². The summed E-state index contributed by atoms with van der Waals surface area (Å²) in [5.74, 6) is 1.64. The number of rotatable bonds is 6. The van der Waals surface area contributed by atoms with Crippen LogP contribution in [0.5, 0.6) is 0 Å². The zero-order chi connectivity index (χ0) is 15.5. The number of nitrogens with two attached hydrogens (primary N) is 1. The number of H-pyrrole nitrogens is 1. The zero-order valence-corrected chi connectivity index (χ0v) is 13.3. The van der Waals surface area contributed by atoms with E-state index in [1.165, 1.54) is 28.0 Å². The number of aromatic amines is 1. The summed E-state index contributed by atoms with van der Waals surface area (Å²) in [6, 6.07) is 8.62. The van der Waals surface area contributed by atoms with Crippen LogP contribution in [0.2, 0.25) is 0 Å². The highest BCUT2D eigenvalue weighted by Gasteiger charge is 2.07. The molecular weight excluding hydrogens is 272 g/mol. The average molecular weight is 296 g/mol. The van der Waals surface area contributed by atoms with Gasteiger partial charge in [0, 0.05) is 42.6 Å². The van der Waals surface area contributed by atoms with Crippen LogP contribution in [-0.4, -0.2) is 14.5 Å². The highest BCUT2D eigenvalue weighted by molar-refractivity contribution is 5.81. The lowest BCUT2D eigenvalue weighted by Gasteiger charge is -2.09. The Balaban J connectivity index is 1.65. The predicted octanol–water partition coefficient (Wildman–Crippen LogP) is 3.58. The predicted molar refractivity (Wildman–Crippen MR) is 90.8 cm³/mol. The Morgan fingerprint density at radius 1 is 1.27 bits per heavy atom. The van der Waals surface area contributed by atoms with Crippen LogP contribution in [-0.2, 0) is 19.5 Å². The Kier molecular flexibility index (Phi) is 4.29. The monoisotopic (exact) mass is 296 g/mol. The molecule has 0 saturated heterocycles. The highest BCUT2D eigenvalue weighted by Crippen LogP contribution is 2.19. The van der Waals surface area contributed by atoms with Gasteiger partial charge in [-0.2, -0.15) is 0 Å². The standard InChI is InChI=1S/C18H24N4/c1-13(2)18-20-7-9-22(18)8-3-4-16-11-15-10-14(12-19)5-6-17(15)21-16/h5-7,9-11,13,21H,3-4,8,12,19H2,1-2H3. The van der Waals surface area contributed by atoms with Crippen molar-refractivity contribution >= 4 is 10.9 Å². The van der Waals surface area contributed by atoms with Gasteiger partial charge < -0.3 is 15.3 Å². The summed E-state index contributed by atoms with van der Waals surface area (Å²) < 4.78 is 2.26. The van der Waals surface area contributed by atoms with E-state index in [0.29, 0.717) is 12.5 Å². The van der Waals surface area contributed by atoms with Gasteiger partial charge in [-0.25, -0.2) is 4.98 Å². The molecule has 2 aromatic heterocycles. The van der Waals surface area contributed by atoms with Crippen molar-refractivity contribution in [3.05, 3.63) is 53.7 Å². The Morgan fingerprint density at radius 2 is 2.14 bits per heavy atom. The number of aryl methyl sites for hydroxylation is 2. The summed E-state index contributed by atoms with van der Waals surface area (Å²) in [6.07, 6.45) is 6.12. The molecule has 0 fully saturated rings. The maximum absolute atomic E-state index is 5.70. The molecule has 3 rings (SSSR count). The molecule has 116 valence electrons. The number of nitrogens with one attached hydrogen (secondary N) is 1. The van der Waals surface area contributed by atoms with E-state index in [0.717, 1.165) is 19.4 Å². The average Bonchev–Trinajstić information content (AvgIpc) is 3.12. The molecule has 3 N–H and O–H groups in total. The molecule has 3 aromatic rings. The van der Waals surface area contributed by atoms with E-state index in [9.17, 15) is 0 Å². The summed E-state index contributed by atoms with van der Waals surface area (Å²) in [4.78, 5) is 7.94. The van der Waals surface area contributed by atoms with Crippen molar-refractivity contribution in [3.8, 4) is 0 Å². The second-order valence-electron chi connectivity index (χ2n) is 6.16. The number of fused-ring (bicyclic) bond motifs is 1. The first kappa shape index (κ1) is 14.9. The summed E-state index contributed by atoms with van der Waals surface area (Å²) in [6.45, 7) is 5.98. The van der Waals surface area contributed by atoms with Crippen molar-refractivity contribution in [2.75, 3.05) is 0 Å². The number of aromatic nitrogens is 3. The topological polar surface area (TPSA) is 59.6 Å². The normalized spacial score (nSPS) is 11.6. The fraction of sp³-hybridized carbons (Fsp3) is 0.389. The molecule has 2 heterocycles. The van der Waals surface area contributed by atoms with Crippen LogP contribution in [0, 0.1) is 0 Å². The van der Waals surface area contributed by atoms with E-state index in [1.54, 1.807) is 0 Å². The molecule has 0 saturated carbocycles. The number of imidazole rings is 1.